The highest BCUT2D eigenvalue weighted by Crippen LogP contribution is 2.12. The second kappa shape index (κ2) is 9.15. The van der Waals surface area contributed by atoms with Gasteiger partial charge in [0.1, 0.15) is 0 Å². The molecule has 0 spiro atoms. The quantitative estimate of drug-likeness (QED) is 0.765. The number of rotatable bonds is 6. The third kappa shape index (κ3) is 6.29. The van der Waals surface area contributed by atoms with Gasteiger partial charge in [0, 0.05) is 18.3 Å². The van der Waals surface area contributed by atoms with Crippen molar-refractivity contribution in [3.8, 4) is 6.07 Å². The minimum Gasteiger partial charge on any atom is -0.452 e. The molecule has 0 radical (unpaired) electrons. The Hall–Kier alpha value is -3.66. The fraction of sp³-hybridized carbons (Fsp3) is 0.200. The SMILES string of the molecule is CC(=O)Nc1ccc(CC(=O)O[C@@H](C)C(=O)Nc2ccc(C#N)cc2)cc1. The van der Waals surface area contributed by atoms with Crippen LogP contribution in [0, 0.1) is 11.3 Å². The van der Waals surface area contributed by atoms with Crippen LogP contribution in [-0.4, -0.2) is 23.9 Å². The molecule has 0 aliphatic carbocycles. The number of nitriles is 1. The normalized spacial score (nSPS) is 11.0. The maximum Gasteiger partial charge on any atom is 0.311 e. The number of esters is 1. The predicted octanol–water partition coefficient (Wildman–Crippen LogP) is 2.63. The molecule has 0 bridgehead atoms. The molecule has 0 saturated carbocycles. The lowest BCUT2D eigenvalue weighted by Crippen LogP contribution is -2.30. The number of benzene rings is 2. The second-order valence-electron chi connectivity index (χ2n) is 5.87. The molecule has 1 atom stereocenters. The van der Waals surface area contributed by atoms with Crippen LogP contribution in [0.25, 0.3) is 0 Å². The highest BCUT2D eigenvalue weighted by Gasteiger charge is 2.18. The third-order valence-corrected chi connectivity index (χ3v) is 3.58. The summed E-state index contributed by atoms with van der Waals surface area (Å²) in [5, 5.41) is 14.0. The van der Waals surface area contributed by atoms with E-state index in [1.807, 2.05) is 6.07 Å². The number of carbonyl (C=O) groups excluding carboxylic acids is 3. The van der Waals surface area contributed by atoms with Gasteiger partial charge in [-0.25, -0.2) is 0 Å². The molecule has 2 aromatic rings. The first kappa shape index (κ1) is 19.7. The molecule has 0 saturated heterocycles. The summed E-state index contributed by atoms with van der Waals surface area (Å²) in [5.41, 5.74) is 2.33. The predicted molar refractivity (Wildman–Crippen MR) is 99.8 cm³/mol. The number of carbonyl (C=O) groups is 3. The first-order valence-corrected chi connectivity index (χ1v) is 8.24. The fourth-order valence-electron chi connectivity index (χ4n) is 2.24. The van der Waals surface area contributed by atoms with Crippen LogP contribution in [0.5, 0.6) is 0 Å². The van der Waals surface area contributed by atoms with E-state index in [1.54, 1.807) is 48.5 Å². The van der Waals surface area contributed by atoms with E-state index < -0.39 is 18.0 Å². The molecule has 0 aliphatic heterocycles. The number of nitrogens with one attached hydrogen (secondary N) is 2. The van der Waals surface area contributed by atoms with Gasteiger partial charge in [-0.15, -0.1) is 0 Å². The summed E-state index contributed by atoms with van der Waals surface area (Å²) in [7, 11) is 0. The summed E-state index contributed by atoms with van der Waals surface area (Å²) in [4.78, 5) is 35.1. The van der Waals surface area contributed by atoms with Crippen molar-refractivity contribution in [2.75, 3.05) is 10.6 Å². The van der Waals surface area contributed by atoms with Gasteiger partial charge < -0.3 is 15.4 Å². The Morgan fingerprint density at radius 1 is 1.00 bits per heavy atom. The number of hydrogen-bond donors (Lipinski definition) is 2. The van der Waals surface area contributed by atoms with Crippen molar-refractivity contribution in [1.82, 2.24) is 0 Å². The molecule has 2 N–H and O–H groups in total. The second-order valence-corrected chi connectivity index (χ2v) is 5.87. The van der Waals surface area contributed by atoms with Crippen LogP contribution in [0.1, 0.15) is 25.0 Å². The van der Waals surface area contributed by atoms with Crippen molar-refractivity contribution < 1.29 is 19.1 Å². The van der Waals surface area contributed by atoms with Crippen molar-refractivity contribution in [2.24, 2.45) is 0 Å². The van der Waals surface area contributed by atoms with Gasteiger partial charge in [0.05, 0.1) is 18.1 Å². The molecular formula is C20H19N3O4. The number of hydrogen-bond acceptors (Lipinski definition) is 5. The zero-order valence-electron chi connectivity index (χ0n) is 15.0. The first-order chi connectivity index (χ1) is 12.9. The largest absolute Gasteiger partial charge is 0.452 e. The summed E-state index contributed by atoms with van der Waals surface area (Å²) in [5.74, 6) is -1.18. The highest BCUT2D eigenvalue weighted by atomic mass is 16.5. The zero-order chi connectivity index (χ0) is 19.8. The van der Waals surface area contributed by atoms with Crippen LogP contribution in [0.4, 0.5) is 11.4 Å². The molecular weight excluding hydrogens is 346 g/mol. The molecule has 7 heteroatoms. The molecule has 7 nitrogen and oxygen atoms in total. The van der Waals surface area contributed by atoms with Gasteiger partial charge in [-0.05, 0) is 48.9 Å². The number of amides is 2. The Morgan fingerprint density at radius 3 is 2.11 bits per heavy atom. The van der Waals surface area contributed by atoms with E-state index in [-0.39, 0.29) is 12.3 Å². The number of nitrogens with zero attached hydrogens (tertiary/aromatic N) is 1. The van der Waals surface area contributed by atoms with Crippen molar-refractivity contribution >= 4 is 29.2 Å². The molecule has 0 fully saturated rings. The fourth-order valence-corrected chi connectivity index (χ4v) is 2.24. The lowest BCUT2D eigenvalue weighted by atomic mass is 10.1. The molecule has 0 unspecified atom stereocenters. The summed E-state index contributed by atoms with van der Waals surface area (Å²) in [6.45, 7) is 2.90. The van der Waals surface area contributed by atoms with E-state index in [0.717, 1.165) is 0 Å². The van der Waals surface area contributed by atoms with Gasteiger partial charge in [0.15, 0.2) is 6.10 Å². The van der Waals surface area contributed by atoms with Gasteiger partial charge in [0.25, 0.3) is 5.91 Å². The van der Waals surface area contributed by atoms with E-state index in [2.05, 4.69) is 10.6 Å². The van der Waals surface area contributed by atoms with Crippen molar-refractivity contribution in [3.05, 3.63) is 59.7 Å². The molecule has 0 aliphatic rings. The van der Waals surface area contributed by atoms with Crippen LogP contribution in [0.15, 0.2) is 48.5 Å². The van der Waals surface area contributed by atoms with Gasteiger partial charge >= 0.3 is 5.97 Å². The minimum atomic E-state index is -0.966. The maximum atomic E-state index is 12.1. The van der Waals surface area contributed by atoms with E-state index in [1.165, 1.54) is 13.8 Å². The van der Waals surface area contributed by atoms with Crippen molar-refractivity contribution in [1.29, 1.82) is 5.26 Å². The monoisotopic (exact) mass is 365 g/mol. The van der Waals surface area contributed by atoms with Crippen molar-refractivity contribution in [2.45, 2.75) is 26.4 Å². The summed E-state index contributed by atoms with van der Waals surface area (Å²) in [6, 6.07) is 15.1. The maximum absolute atomic E-state index is 12.1. The van der Waals surface area contributed by atoms with Crippen LogP contribution in [-0.2, 0) is 25.5 Å². The summed E-state index contributed by atoms with van der Waals surface area (Å²) < 4.78 is 5.15. The van der Waals surface area contributed by atoms with E-state index in [0.29, 0.717) is 22.5 Å². The average molecular weight is 365 g/mol. The van der Waals surface area contributed by atoms with Gasteiger partial charge in [0.2, 0.25) is 5.91 Å². The lowest BCUT2D eigenvalue weighted by molar-refractivity contribution is -0.152. The van der Waals surface area contributed by atoms with Crippen LogP contribution < -0.4 is 10.6 Å². The molecule has 0 heterocycles. The smallest absolute Gasteiger partial charge is 0.311 e. The Labute approximate surface area is 156 Å². The molecule has 0 aromatic heterocycles. The molecule has 27 heavy (non-hydrogen) atoms. The van der Waals surface area contributed by atoms with E-state index in [9.17, 15) is 14.4 Å². The Kier molecular flexibility index (Phi) is 6.67. The lowest BCUT2D eigenvalue weighted by Gasteiger charge is -2.14. The Balaban J connectivity index is 1.85. The third-order valence-electron chi connectivity index (χ3n) is 3.58. The van der Waals surface area contributed by atoms with Crippen LogP contribution in [0.3, 0.4) is 0 Å². The number of ether oxygens (including phenoxy) is 1. The first-order valence-electron chi connectivity index (χ1n) is 8.24. The number of anilines is 2. The van der Waals surface area contributed by atoms with Gasteiger partial charge in [-0.1, -0.05) is 12.1 Å². The Morgan fingerprint density at radius 2 is 1.56 bits per heavy atom. The molecule has 2 aromatic carbocycles. The topological polar surface area (TPSA) is 108 Å². The molecule has 138 valence electrons. The van der Waals surface area contributed by atoms with Crippen LogP contribution >= 0.6 is 0 Å². The zero-order valence-corrected chi connectivity index (χ0v) is 15.0. The van der Waals surface area contributed by atoms with Gasteiger partial charge in [-0.3, -0.25) is 14.4 Å². The summed E-state index contributed by atoms with van der Waals surface area (Å²) in [6.07, 6.45) is -0.957. The summed E-state index contributed by atoms with van der Waals surface area (Å²) >= 11 is 0. The van der Waals surface area contributed by atoms with E-state index >= 15 is 0 Å². The van der Waals surface area contributed by atoms with E-state index in [4.69, 9.17) is 10.00 Å². The Bertz CT molecular complexity index is 868. The minimum absolute atomic E-state index is 0.00877. The standard InChI is InChI=1S/C20H19N3O4/c1-13(20(26)23-18-9-5-16(12-21)6-10-18)27-19(25)11-15-3-7-17(8-4-15)22-14(2)24/h3-10,13H,11H2,1-2H3,(H,22,24)(H,23,26)/t13-/m0/s1. The van der Waals surface area contributed by atoms with Crippen LogP contribution in [0.2, 0.25) is 0 Å². The molecule has 2 rings (SSSR count). The van der Waals surface area contributed by atoms with Crippen molar-refractivity contribution in [3.63, 3.8) is 0 Å². The molecule has 2 amide bonds. The van der Waals surface area contributed by atoms with Gasteiger partial charge in [-0.2, -0.15) is 5.26 Å². The average Bonchev–Trinajstić information content (AvgIpc) is 2.63. The highest BCUT2D eigenvalue weighted by molar-refractivity contribution is 5.95.